The van der Waals surface area contributed by atoms with Gasteiger partial charge in [0.1, 0.15) is 6.07 Å². The molecule has 2 rings (SSSR count). The molecule has 1 saturated heterocycles. The fourth-order valence-electron chi connectivity index (χ4n) is 2.28. The van der Waals surface area contributed by atoms with Crippen molar-refractivity contribution in [1.29, 1.82) is 5.26 Å². The smallest absolute Gasteiger partial charge is 0.101 e. The lowest BCUT2D eigenvalue weighted by Gasteiger charge is -2.34. The number of hydrogen-bond donors (Lipinski definition) is 2. The van der Waals surface area contributed by atoms with Crippen LogP contribution in [-0.2, 0) is 0 Å². The number of rotatable bonds is 3. The second-order valence-corrected chi connectivity index (χ2v) is 5.65. The first-order chi connectivity index (χ1) is 8.63. The molecule has 4 heteroatoms. The van der Waals surface area contributed by atoms with Crippen LogP contribution in [0.1, 0.15) is 25.3 Å². The number of benzene rings is 1. The van der Waals surface area contributed by atoms with E-state index in [4.69, 9.17) is 16.9 Å². The van der Waals surface area contributed by atoms with Crippen LogP contribution >= 0.6 is 11.6 Å². The summed E-state index contributed by atoms with van der Waals surface area (Å²) in [6.45, 7) is 5.30. The highest BCUT2D eigenvalue weighted by Crippen LogP contribution is 2.29. The zero-order valence-electron chi connectivity index (χ0n) is 10.6. The van der Waals surface area contributed by atoms with E-state index in [-0.39, 0.29) is 0 Å². The molecule has 1 aliphatic rings. The van der Waals surface area contributed by atoms with Gasteiger partial charge < -0.3 is 10.6 Å². The van der Waals surface area contributed by atoms with Crippen LogP contribution in [0.25, 0.3) is 0 Å². The van der Waals surface area contributed by atoms with Gasteiger partial charge in [-0.05, 0) is 49.5 Å². The quantitative estimate of drug-likeness (QED) is 0.881. The van der Waals surface area contributed by atoms with E-state index in [0.29, 0.717) is 16.0 Å². The van der Waals surface area contributed by atoms with Gasteiger partial charge >= 0.3 is 0 Å². The summed E-state index contributed by atoms with van der Waals surface area (Å²) in [6.07, 6.45) is 2.31. The van der Waals surface area contributed by atoms with E-state index < -0.39 is 0 Å². The minimum absolute atomic E-state index is 0.292. The molecule has 1 aromatic rings. The zero-order chi connectivity index (χ0) is 13.0. The number of nitrogens with zero attached hydrogens (tertiary/aromatic N) is 1. The molecule has 0 saturated carbocycles. The van der Waals surface area contributed by atoms with E-state index >= 15 is 0 Å². The predicted molar refractivity (Wildman–Crippen MR) is 74.9 cm³/mol. The van der Waals surface area contributed by atoms with E-state index in [1.165, 1.54) is 0 Å². The third kappa shape index (κ3) is 3.16. The largest absolute Gasteiger partial charge is 0.383 e. The minimum Gasteiger partial charge on any atom is -0.383 e. The Kier molecular flexibility index (Phi) is 4.11. The molecule has 2 N–H and O–H groups in total. The average Bonchev–Trinajstić information content (AvgIpc) is 2.38. The van der Waals surface area contributed by atoms with Gasteiger partial charge in [0.15, 0.2) is 0 Å². The maximum atomic E-state index is 9.07. The molecule has 1 aromatic carbocycles. The Morgan fingerprint density at radius 2 is 2.17 bits per heavy atom. The standard InChI is InChI=1S/C14H18ClN3/c1-14(4-6-17-7-5-14)10-18-13-8-12(15)3-2-11(13)9-16/h2-3,8,17-18H,4-7,10H2,1H3. The summed E-state index contributed by atoms with van der Waals surface area (Å²) >= 11 is 5.97. The highest BCUT2D eigenvalue weighted by atomic mass is 35.5. The fourth-order valence-corrected chi connectivity index (χ4v) is 2.45. The van der Waals surface area contributed by atoms with Crippen molar-refractivity contribution in [2.24, 2.45) is 5.41 Å². The second-order valence-electron chi connectivity index (χ2n) is 5.22. The van der Waals surface area contributed by atoms with Crippen molar-refractivity contribution in [2.75, 3.05) is 25.0 Å². The van der Waals surface area contributed by atoms with Crippen LogP contribution in [0, 0.1) is 16.7 Å². The lowest BCUT2D eigenvalue weighted by atomic mass is 9.81. The molecular weight excluding hydrogens is 246 g/mol. The van der Waals surface area contributed by atoms with E-state index in [9.17, 15) is 0 Å². The average molecular weight is 264 g/mol. The van der Waals surface area contributed by atoms with E-state index in [2.05, 4.69) is 23.6 Å². The number of hydrogen-bond acceptors (Lipinski definition) is 3. The van der Waals surface area contributed by atoms with Crippen molar-refractivity contribution in [3.05, 3.63) is 28.8 Å². The number of nitriles is 1. The Morgan fingerprint density at radius 1 is 1.44 bits per heavy atom. The van der Waals surface area contributed by atoms with E-state index in [1.54, 1.807) is 12.1 Å². The molecule has 0 unspecified atom stereocenters. The normalized spacial score (nSPS) is 18.1. The number of piperidine rings is 1. The Labute approximate surface area is 113 Å². The van der Waals surface area contributed by atoms with Crippen molar-refractivity contribution < 1.29 is 0 Å². The molecule has 0 spiro atoms. The van der Waals surface area contributed by atoms with Crippen LogP contribution in [-0.4, -0.2) is 19.6 Å². The van der Waals surface area contributed by atoms with Crippen molar-refractivity contribution in [3.8, 4) is 6.07 Å². The lowest BCUT2D eigenvalue weighted by Crippen LogP contribution is -2.39. The van der Waals surface area contributed by atoms with Crippen molar-refractivity contribution in [1.82, 2.24) is 5.32 Å². The molecule has 0 aliphatic carbocycles. The first-order valence-electron chi connectivity index (χ1n) is 6.27. The van der Waals surface area contributed by atoms with Crippen LogP contribution in [0.5, 0.6) is 0 Å². The Bertz CT molecular complexity index is 459. The van der Waals surface area contributed by atoms with Gasteiger partial charge in [-0.25, -0.2) is 0 Å². The van der Waals surface area contributed by atoms with Crippen LogP contribution in [0.4, 0.5) is 5.69 Å². The second kappa shape index (κ2) is 5.60. The molecule has 0 amide bonds. The van der Waals surface area contributed by atoms with Crippen LogP contribution in [0.3, 0.4) is 0 Å². The minimum atomic E-state index is 0.292. The molecule has 1 fully saturated rings. The summed E-state index contributed by atoms with van der Waals surface area (Å²) in [6, 6.07) is 7.52. The third-order valence-corrected chi connectivity index (χ3v) is 3.85. The molecule has 3 nitrogen and oxygen atoms in total. The number of anilines is 1. The lowest BCUT2D eigenvalue weighted by molar-refractivity contribution is 0.247. The highest BCUT2D eigenvalue weighted by Gasteiger charge is 2.26. The topological polar surface area (TPSA) is 47.9 Å². The maximum Gasteiger partial charge on any atom is 0.101 e. The van der Waals surface area contributed by atoms with Crippen molar-refractivity contribution in [2.45, 2.75) is 19.8 Å². The van der Waals surface area contributed by atoms with Crippen LogP contribution in [0.2, 0.25) is 5.02 Å². The monoisotopic (exact) mass is 263 g/mol. The molecule has 0 aromatic heterocycles. The molecule has 0 bridgehead atoms. The van der Waals surface area contributed by atoms with Gasteiger partial charge in [0.25, 0.3) is 0 Å². The molecule has 18 heavy (non-hydrogen) atoms. The van der Waals surface area contributed by atoms with Crippen molar-refractivity contribution >= 4 is 17.3 Å². The summed E-state index contributed by atoms with van der Waals surface area (Å²) in [5.74, 6) is 0. The van der Waals surface area contributed by atoms with Gasteiger partial charge in [-0.15, -0.1) is 0 Å². The third-order valence-electron chi connectivity index (χ3n) is 3.62. The summed E-state index contributed by atoms with van der Waals surface area (Å²) in [5.41, 5.74) is 1.78. The summed E-state index contributed by atoms with van der Waals surface area (Å²) in [7, 11) is 0. The Hall–Kier alpha value is -1.24. The highest BCUT2D eigenvalue weighted by molar-refractivity contribution is 6.30. The van der Waals surface area contributed by atoms with Gasteiger partial charge in [-0.1, -0.05) is 18.5 Å². The van der Waals surface area contributed by atoms with E-state index in [0.717, 1.165) is 38.2 Å². The van der Waals surface area contributed by atoms with Gasteiger partial charge in [0.2, 0.25) is 0 Å². The van der Waals surface area contributed by atoms with Crippen LogP contribution in [0.15, 0.2) is 18.2 Å². The van der Waals surface area contributed by atoms with Gasteiger partial charge in [-0.2, -0.15) is 5.26 Å². The molecule has 96 valence electrons. The first kappa shape index (κ1) is 13.2. The van der Waals surface area contributed by atoms with Crippen molar-refractivity contribution in [3.63, 3.8) is 0 Å². The van der Waals surface area contributed by atoms with E-state index in [1.807, 2.05) is 6.07 Å². The molecule has 0 radical (unpaired) electrons. The number of halogens is 1. The Morgan fingerprint density at radius 3 is 2.83 bits per heavy atom. The van der Waals surface area contributed by atoms with Gasteiger partial charge in [0.05, 0.1) is 11.3 Å². The van der Waals surface area contributed by atoms with Gasteiger partial charge in [0, 0.05) is 11.6 Å². The SMILES string of the molecule is CC1(CNc2cc(Cl)ccc2C#N)CCNCC1. The summed E-state index contributed by atoms with van der Waals surface area (Å²) in [4.78, 5) is 0. The molecule has 0 atom stereocenters. The first-order valence-corrected chi connectivity index (χ1v) is 6.65. The summed E-state index contributed by atoms with van der Waals surface area (Å²) < 4.78 is 0. The number of nitrogens with one attached hydrogen (secondary N) is 2. The predicted octanol–water partition coefficient (Wildman–Crippen LogP) is 3.01. The molecular formula is C14H18ClN3. The van der Waals surface area contributed by atoms with Crippen LogP contribution < -0.4 is 10.6 Å². The fraction of sp³-hybridized carbons (Fsp3) is 0.500. The molecule has 1 heterocycles. The molecule has 1 aliphatic heterocycles. The summed E-state index contributed by atoms with van der Waals surface area (Å²) in [5, 5.41) is 16.5. The zero-order valence-corrected chi connectivity index (χ0v) is 11.3. The Balaban J connectivity index is 2.05. The van der Waals surface area contributed by atoms with Gasteiger partial charge in [-0.3, -0.25) is 0 Å². The maximum absolute atomic E-state index is 9.07.